The smallest absolute Gasteiger partial charge is 0.186 e. The highest BCUT2D eigenvalue weighted by molar-refractivity contribution is 7.80. The Morgan fingerprint density at radius 2 is 1.19 bits per heavy atom. The fourth-order valence-electron chi connectivity index (χ4n) is 1.72. The monoisotopic (exact) mass is 472 g/mol. The lowest BCUT2D eigenvalue weighted by atomic mass is 10.2. The average Bonchev–Trinajstić information content (AvgIpc) is 2.82. The molecule has 2 aromatic carbocycles. The number of thiocarbonyl (C=S) groups is 3. The van der Waals surface area contributed by atoms with Gasteiger partial charge in [-0.05, 0) is 72.4 Å². The van der Waals surface area contributed by atoms with Crippen molar-refractivity contribution in [2.45, 2.75) is 20.1 Å². The maximum Gasteiger partial charge on any atom is 0.186 e. The standard InChI is InChI=1S/C11H12OS.C10H10OS.C4H6OS/c1-9(2)11(13)12-8-10-6-4-3-5-7-10;1-2-10(12)11-8-9-6-4-3-5-7-9;1-3-4(6)5-2/h3-7H,1,8H2,2H3;2-7H,1,8H2;3H,1H2,2H3. The van der Waals surface area contributed by atoms with Crippen LogP contribution in [0, 0.1) is 0 Å². The van der Waals surface area contributed by atoms with Crippen LogP contribution in [-0.4, -0.2) is 22.3 Å². The van der Waals surface area contributed by atoms with Gasteiger partial charge in [0.25, 0.3) is 0 Å². The summed E-state index contributed by atoms with van der Waals surface area (Å²) in [6.45, 7) is 13.5. The third kappa shape index (κ3) is 15.8. The van der Waals surface area contributed by atoms with Crippen LogP contribution in [0.3, 0.4) is 0 Å². The summed E-state index contributed by atoms with van der Waals surface area (Å²) in [4.78, 5) is 0. The van der Waals surface area contributed by atoms with Gasteiger partial charge in [0, 0.05) is 0 Å². The molecule has 0 aliphatic carbocycles. The molecule has 0 aliphatic heterocycles. The number of benzene rings is 2. The molecule has 0 unspecified atom stereocenters. The van der Waals surface area contributed by atoms with Gasteiger partial charge in [0.1, 0.15) is 13.2 Å². The minimum atomic E-state index is 0.440. The van der Waals surface area contributed by atoms with Gasteiger partial charge in [0.2, 0.25) is 0 Å². The summed E-state index contributed by atoms with van der Waals surface area (Å²) in [5.41, 5.74) is 3.03. The first kappa shape index (κ1) is 28.3. The van der Waals surface area contributed by atoms with Crippen LogP contribution in [0.4, 0.5) is 0 Å². The van der Waals surface area contributed by atoms with Gasteiger partial charge in [-0.3, -0.25) is 0 Å². The first-order valence-electron chi connectivity index (χ1n) is 9.24. The number of rotatable bonds is 7. The quantitative estimate of drug-likeness (QED) is 0.319. The molecule has 0 saturated carbocycles. The fourth-order valence-corrected chi connectivity index (χ4v) is 1.84. The lowest BCUT2D eigenvalue weighted by Gasteiger charge is -2.06. The molecule has 3 nitrogen and oxygen atoms in total. The summed E-state index contributed by atoms with van der Waals surface area (Å²) in [6.07, 6.45) is 3.01. The van der Waals surface area contributed by atoms with E-state index in [0.717, 1.165) is 16.7 Å². The topological polar surface area (TPSA) is 27.7 Å². The molecule has 0 spiro atoms. The van der Waals surface area contributed by atoms with Crippen LogP contribution in [0.5, 0.6) is 0 Å². The third-order valence-electron chi connectivity index (χ3n) is 3.32. The molecule has 0 aromatic heterocycles. The molecule has 0 aliphatic rings. The van der Waals surface area contributed by atoms with Crippen molar-refractivity contribution >= 4 is 51.8 Å². The van der Waals surface area contributed by atoms with E-state index < -0.39 is 0 Å². The van der Waals surface area contributed by atoms with Crippen LogP contribution in [0.1, 0.15) is 18.1 Å². The van der Waals surface area contributed by atoms with E-state index in [-0.39, 0.29) is 0 Å². The molecule has 0 fully saturated rings. The van der Waals surface area contributed by atoms with Crippen LogP contribution in [0.15, 0.2) is 98.1 Å². The Bertz CT molecular complexity index is 847. The Labute approximate surface area is 202 Å². The Kier molecular flexibility index (Phi) is 16.6. The second-order valence-corrected chi connectivity index (χ2v) is 7.04. The maximum atomic E-state index is 5.32. The molecule has 164 valence electrons. The van der Waals surface area contributed by atoms with Crippen molar-refractivity contribution in [3.63, 3.8) is 0 Å². The average molecular weight is 473 g/mol. The summed E-state index contributed by atoms with van der Waals surface area (Å²) in [6, 6.07) is 19.8. The van der Waals surface area contributed by atoms with Gasteiger partial charge in [-0.15, -0.1) is 0 Å². The molecule has 0 atom stereocenters. The Balaban J connectivity index is 0.000000466. The maximum absolute atomic E-state index is 5.32. The SMILES string of the molecule is C=C(C)C(=S)OCc1ccccc1.C=CC(=S)OC.C=CC(=S)OCc1ccccc1. The van der Waals surface area contributed by atoms with Crippen LogP contribution >= 0.6 is 36.7 Å². The van der Waals surface area contributed by atoms with E-state index in [9.17, 15) is 0 Å². The summed E-state index contributed by atoms with van der Waals surface area (Å²) in [7, 11) is 1.52. The molecular weight excluding hydrogens is 444 g/mol. The molecule has 6 heteroatoms. The van der Waals surface area contributed by atoms with Crippen molar-refractivity contribution in [1.29, 1.82) is 0 Å². The molecule has 0 radical (unpaired) electrons. The fraction of sp³-hybridized carbons (Fsp3) is 0.160. The molecule has 31 heavy (non-hydrogen) atoms. The van der Waals surface area contributed by atoms with E-state index in [0.29, 0.717) is 28.4 Å². The molecular formula is C25H28O3S3. The van der Waals surface area contributed by atoms with Crippen molar-refractivity contribution in [2.24, 2.45) is 0 Å². The third-order valence-corrected chi connectivity index (χ3v) is 4.40. The minimum absolute atomic E-state index is 0.440. The zero-order valence-corrected chi connectivity index (χ0v) is 20.4. The predicted octanol–water partition coefficient (Wildman–Crippen LogP) is 6.97. The first-order valence-corrected chi connectivity index (χ1v) is 10.5. The van der Waals surface area contributed by atoms with Gasteiger partial charge in [0.15, 0.2) is 15.2 Å². The Morgan fingerprint density at radius 3 is 1.52 bits per heavy atom. The summed E-state index contributed by atoms with van der Waals surface area (Å²) in [5.74, 6) is 0. The van der Waals surface area contributed by atoms with Crippen LogP contribution < -0.4 is 0 Å². The van der Waals surface area contributed by atoms with Gasteiger partial charge >= 0.3 is 0 Å². The lowest BCUT2D eigenvalue weighted by Crippen LogP contribution is -2.02. The number of hydrogen-bond donors (Lipinski definition) is 0. The largest absolute Gasteiger partial charge is 0.487 e. The first-order chi connectivity index (χ1) is 14.8. The number of methoxy groups -OCH3 is 1. The molecule has 0 bridgehead atoms. The van der Waals surface area contributed by atoms with Crippen molar-refractivity contribution in [2.75, 3.05) is 7.11 Å². The van der Waals surface area contributed by atoms with E-state index in [1.165, 1.54) is 19.3 Å². The van der Waals surface area contributed by atoms with E-state index in [4.69, 9.17) is 33.9 Å². The molecule has 2 rings (SSSR count). The number of hydrogen-bond acceptors (Lipinski definition) is 6. The molecule has 0 saturated heterocycles. The van der Waals surface area contributed by atoms with Crippen LogP contribution in [0.2, 0.25) is 0 Å². The van der Waals surface area contributed by atoms with Gasteiger partial charge in [-0.2, -0.15) is 0 Å². The van der Waals surface area contributed by atoms with Crippen molar-refractivity contribution in [1.82, 2.24) is 0 Å². The van der Waals surface area contributed by atoms with E-state index in [1.807, 2.05) is 67.6 Å². The molecule has 0 N–H and O–H groups in total. The molecule has 0 amide bonds. The molecule has 0 heterocycles. The van der Waals surface area contributed by atoms with E-state index in [2.05, 4.69) is 36.7 Å². The Hall–Kier alpha value is -2.67. The highest BCUT2D eigenvalue weighted by Crippen LogP contribution is 2.04. The zero-order valence-electron chi connectivity index (χ0n) is 17.9. The van der Waals surface area contributed by atoms with E-state index in [1.54, 1.807) is 0 Å². The lowest BCUT2D eigenvalue weighted by molar-refractivity contribution is 0.301. The highest BCUT2D eigenvalue weighted by atomic mass is 32.1. The van der Waals surface area contributed by atoms with Crippen molar-refractivity contribution in [3.8, 4) is 0 Å². The zero-order chi connectivity index (χ0) is 23.5. The second-order valence-electron chi connectivity index (χ2n) is 5.87. The molecule has 2 aromatic rings. The van der Waals surface area contributed by atoms with Gasteiger partial charge in [-0.25, -0.2) is 0 Å². The predicted molar refractivity (Wildman–Crippen MR) is 142 cm³/mol. The van der Waals surface area contributed by atoms with Crippen molar-refractivity contribution < 1.29 is 14.2 Å². The van der Waals surface area contributed by atoms with Gasteiger partial charge in [0.05, 0.1) is 7.11 Å². The van der Waals surface area contributed by atoms with Gasteiger partial charge in [-0.1, -0.05) is 80.4 Å². The normalized spacial score (nSPS) is 8.71. The second kappa shape index (κ2) is 18.1. The van der Waals surface area contributed by atoms with E-state index >= 15 is 0 Å². The summed E-state index contributed by atoms with van der Waals surface area (Å²) in [5, 5.41) is 1.37. The summed E-state index contributed by atoms with van der Waals surface area (Å²) >= 11 is 14.3. The van der Waals surface area contributed by atoms with Crippen LogP contribution in [-0.2, 0) is 27.4 Å². The van der Waals surface area contributed by atoms with Crippen molar-refractivity contribution in [3.05, 3.63) is 109 Å². The van der Waals surface area contributed by atoms with Gasteiger partial charge < -0.3 is 14.2 Å². The number of ether oxygens (including phenoxy) is 3. The van der Waals surface area contributed by atoms with Crippen LogP contribution in [0.25, 0.3) is 0 Å². The minimum Gasteiger partial charge on any atom is -0.487 e. The highest BCUT2D eigenvalue weighted by Gasteiger charge is 1.98. The summed E-state index contributed by atoms with van der Waals surface area (Å²) < 4.78 is 15.0. The Morgan fingerprint density at radius 1 is 0.774 bits per heavy atom.